The van der Waals surface area contributed by atoms with Crippen LogP contribution in [0.2, 0.25) is 0 Å². The Kier molecular flexibility index (Phi) is 5.41. The second-order valence-corrected chi connectivity index (χ2v) is 7.94. The van der Waals surface area contributed by atoms with Crippen molar-refractivity contribution in [3.8, 4) is 0 Å². The van der Waals surface area contributed by atoms with E-state index < -0.39 is 0 Å². The van der Waals surface area contributed by atoms with Crippen molar-refractivity contribution < 1.29 is 0 Å². The molecule has 4 rings (SSSR count). The Morgan fingerprint density at radius 2 is 1.48 bits per heavy atom. The zero-order valence-electron chi connectivity index (χ0n) is 14.6. The van der Waals surface area contributed by atoms with Gasteiger partial charge in [0.05, 0.1) is 10.7 Å². The summed E-state index contributed by atoms with van der Waals surface area (Å²) < 4.78 is 0. The van der Waals surface area contributed by atoms with Crippen LogP contribution in [0.15, 0.2) is 86.6 Å². The van der Waals surface area contributed by atoms with Crippen molar-refractivity contribution in [2.75, 3.05) is 5.32 Å². The fraction of sp³-hybridized carbons (Fsp3) is 0.0500. The van der Waals surface area contributed by atoms with Gasteiger partial charge in [-0.15, -0.1) is 5.10 Å². The van der Waals surface area contributed by atoms with Gasteiger partial charge in [-0.25, -0.2) is 9.97 Å². The largest absolute Gasteiger partial charge is 0.317 e. The molecule has 2 bridgehead atoms. The van der Waals surface area contributed by atoms with Crippen LogP contribution in [0.3, 0.4) is 0 Å². The minimum atomic E-state index is 0.516. The zero-order valence-corrected chi connectivity index (χ0v) is 16.2. The lowest BCUT2D eigenvalue weighted by Crippen LogP contribution is -2.05. The predicted molar refractivity (Wildman–Crippen MR) is 111 cm³/mol. The number of hydrogen-bond donors (Lipinski definition) is 2. The summed E-state index contributed by atoms with van der Waals surface area (Å²) in [7, 11) is 0. The van der Waals surface area contributed by atoms with Crippen molar-refractivity contribution in [2.45, 2.75) is 21.7 Å². The first-order valence-corrected chi connectivity index (χ1v) is 10.0. The molecule has 0 saturated carbocycles. The minimum absolute atomic E-state index is 0.516. The fourth-order valence-corrected chi connectivity index (χ4v) is 4.17. The maximum absolute atomic E-state index is 4.64. The Hall–Kier alpha value is -2.77. The summed E-state index contributed by atoms with van der Waals surface area (Å²) in [5, 5.41) is 12.3. The number of aromatic amines is 1. The molecular formula is C20H17N5S2. The fourth-order valence-electron chi connectivity index (χ4n) is 2.40. The monoisotopic (exact) mass is 391 g/mol. The first kappa shape index (κ1) is 17.6. The van der Waals surface area contributed by atoms with Gasteiger partial charge in [0.2, 0.25) is 5.95 Å². The average molecular weight is 392 g/mol. The Bertz CT molecular complexity index is 1020. The lowest BCUT2D eigenvalue weighted by atomic mass is 10.4. The first-order valence-electron chi connectivity index (χ1n) is 8.38. The van der Waals surface area contributed by atoms with Crippen molar-refractivity contribution in [3.63, 3.8) is 0 Å². The van der Waals surface area contributed by atoms with Crippen LogP contribution in [0.1, 0.15) is 11.5 Å². The molecule has 0 atom stereocenters. The molecule has 5 nitrogen and oxygen atoms in total. The number of thioether (sulfide) groups is 1. The van der Waals surface area contributed by atoms with Crippen molar-refractivity contribution in [2.24, 2.45) is 0 Å². The summed E-state index contributed by atoms with van der Waals surface area (Å²) in [5.74, 6) is 1.22. The van der Waals surface area contributed by atoms with Gasteiger partial charge in [-0.2, -0.15) is 0 Å². The number of hydrogen-bond acceptors (Lipinski definition) is 6. The number of nitrogens with one attached hydrogen (secondary N) is 2. The Morgan fingerprint density at radius 1 is 0.815 bits per heavy atom. The highest BCUT2D eigenvalue weighted by Gasteiger charge is 2.10. The van der Waals surface area contributed by atoms with Gasteiger partial charge in [0.25, 0.3) is 0 Å². The van der Waals surface area contributed by atoms with Gasteiger partial charge < -0.3 is 5.32 Å². The molecule has 1 aromatic heterocycles. The highest BCUT2D eigenvalue weighted by molar-refractivity contribution is 8.03. The van der Waals surface area contributed by atoms with Gasteiger partial charge in [0, 0.05) is 9.79 Å². The predicted octanol–water partition coefficient (Wildman–Crippen LogP) is 5.30. The SMILES string of the molecule is Cc1nc(Sc2ccccc2)cc2nc(n[nH]1)NC(Sc1ccccc1)=C2. The maximum Gasteiger partial charge on any atom is 0.245 e. The normalized spacial score (nSPS) is 12.0. The number of H-pyrrole nitrogens is 1. The molecule has 27 heavy (non-hydrogen) atoms. The summed E-state index contributed by atoms with van der Waals surface area (Å²) in [4.78, 5) is 11.5. The van der Waals surface area contributed by atoms with E-state index in [4.69, 9.17) is 0 Å². The summed E-state index contributed by atoms with van der Waals surface area (Å²) in [5.41, 5.74) is 0.810. The summed E-state index contributed by atoms with van der Waals surface area (Å²) in [6, 6.07) is 22.4. The van der Waals surface area contributed by atoms with E-state index in [9.17, 15) is 0 Å². The molecule has 0 saturated heterocycles. The molecule has 1 aliphatic rings. The number of anilines is 1. The van der Waals surface area contributed by atoms with E-state index in [0.29, 0.717) is 11.8 Å². The van der Waals surface area contributed by atoms with Gasteiger partial charge in [-0.05, 0) is 43.3 Å². The Labute approximate surface area is 166 Å². The van der Waals surface area contributed by atoms with E-state index in [1.807, 2.05) is 55.5 Å². The minimum Gasteiger partial charge on any atom is -0.317 e. The molecule has 2 heterocycles. The van der Waals surface area contributed by atoms with Crippen molar-refractivity contribution in [3.05, 3.63) is 83.3 Å². The molecule has 0 amide bonds. The van der Waals surface area contributed by atoms with E-state index in [1.165, 1.54) is 0 Å². The third kappa shape index (κ3) is 4.90. The molecule has 3 aromatic rings. The highest BCUT2D eigenvalue weighted by Crippen LogP contribution is 2.31. The summed E-state index contributed by atoms with van der Waals surface area (Å²) >= 11 is 3.23. The van der Waals surface area contributed by atoms with Crippen molar-refractivity contribution in [1.82, 2.24) is 20.2 Å². The summed E-state index contributed by atoms with van der Waals surface area (Å²) in [6.45, 7) is 1.89. The van der Waals surface area contributed by atoms with Gasteiger partial charge in [-0.1, -0.05) is 59.9 Å². The number of rotatable bonds is 4. The number of aromatic nitrogens is 4. The molecule has 2 N–H and O–H groups in total. The molecule has 0 radical (unpaired) electrons. The third-order valence-corrected chi connectivity index (χ3v) is 5.43. The topological polar surface area (TPSA) is 66.5 Å². The average Bonchev–Trinajstić information content (AvgIpc) is 2.72. The van der Waals surface area contributed by atoms with E-state index in [2.05, 4.69) is 49.7 Å². The molecular weight excluding hydrogens is 374 g/mol. The molecule has 0 spiro atoms. The van der Waals surface area contributed by atoms with Crippen LogP contribution in [0.4, 0.5) is 5.95 Å². The Balaban J connectivity index is 1.71. The van der Waals surface area contributed by atoms with E-state index >= 15 is 0 Å². The van der Waals surface area contributed by atoms with E-state index in [1.54, 1.807) is 23.5 Å². The molecule has 0 unspecified atom stereocenters. The lowest BCUT2D eigenvalue weighted by molar-refractivity contribution is 0.910. The quantitative estimate of drug-likeness (QED) is 0.629. The second kappa shape index (κ2) is 8.28. The van der Waals surface area contributed by atoms with Crippen LogP contribution in [-0.2, 0) is 0 Å². The van der Waals surface area contributed by atoms with Gasteiger partial charge in [0.15, 0.2) is 0 Å². The number of aryl methyl sites for hydroxylation is 1. The van der Waals surface area contributed by atoms with Crippen LogP contribution in [-0.4, -0.2) is 20.2 Å². The van der Waals surface area contributed by atoms with Gasteiger partial charge in [0.1, 0.15) is 10.9 Å². The number of fused-ring (bicyclic) bond motifs is 2. The van der Waals surface area contributed by atoms with Crippen molar-refractivity contribution >= 4 is 35.5 Å². The smallest absolute Gasteiger partial charge is 0.245 e. The molecule has 2 aromatic carbocycles. The van der Waals surface area contributed by atoms with Crippen LogP contribution in [0.25, 0.3) is 6.08 Å². The highest BCUT2D eigenvalue weighted by atomic mass is 32.2. The molecule has 1 aliphatic heterocycles. The maximum atomic E-state index is 4.64. The first-order chi connectivity index (χ1) is 13.2. The van der Waals surface area contributed by atoms with Crippen LogP contribution in [0.5, 0.6) is 0 Å². The number of benzene rings is 2. The van der Waals surface area contributed by atoms with Crippen molar-refractivity contribution in [1.29, 1.82) is 0 Å². The van der Waals surface area contributed by atoms with E-state index in [0.717, 1.165) is 25.5 Å². The lowest BCUT2D eigenvalue weighted by Gasteiger charge is -2.12. The second-order valence-electron chi connectivity index (χ2n) is 5.73. The summed E-state index contributed by atoms with van der Waals surface area (Å²) in [6.07, 6.45) is 2.01. The van der Waals surface area contributed by atoms with Gasteiger partial charge >= 0.3 is 0 Å². The zero-order chi connectivity index (χ0) is 18.5. The van der Waals surface area contributed by atoms with Gasteiger partial charge in [-0.3, -0.25) is 5.10 Å². The van der Waals surface area contributed by atoms with Crippen LogP contribution in [0, 0.1) is 6.92 Å². The van der Waals surface area contributed by atoms with E-state index in [-0.39, 0.29) is 0 Å². The van der Waals surface area contributed by atoms with Crippen LogP contribution >= 0.6 is 23.5 Å². The molecule has 0 aliphatic carbocycles. The third-order valence-electron chi connectivity index (χ3n) is 3.56. The van der Waals surface area contributed by atoms with Crippen LogP contribution < -0.4 is 5.32 Å². The number of nitrogens with zero attached hydrogens (tertiary/aromatic N) is 3. The standard InChI is InChI=1S/C20H17N5S2/c1-14-21-18(26-16-8-4-2-5-9-16)12-15-13-19(23-20(22-15)25-24-14)27-17-10-6-3-7-11-17/h2-13H,1H3,(H,21,24)(H,22,23,25). The Morgan fingerprint density at radius 3 is 2.19 bits per heavy atom. The molecule has 0 fully saturated rings. The molecule has 7 heteroatoms. The molecule has 134 valence electrons.